The summed E-state index contributed by atoms with van der Waals surface area (Å²) >= 11 is 1.92. The molecular formula is C14H23N3OS. The zero-order valence-corrected chi connectivity index (χ0v) is 12.8. The molecule has 1 aliphatic heterocycles. The quantitative estimate of drug-likeness (QED) is 0.837. The van der Waals surface area contributed by atoms with Gasteiger partial charge in [-0.15, -0.1) is 0 Å². The van der Waals surface area contributed by atoms with E-state index in [9.17, 15) is 0 Å². The minimum Gasteiger partial charge on any atom is -0.368 e. The van der Waals surface area contributed by atoms with Crippen LogP contribution < -0.4 is 5.32 Å². The second-order valence-electron chi connectivity index (χ2n) is 4.87. The number of aryl methyl sites for hydroxylation is 2. The summed E-state index contributed by atoms with van der Waals surface area (Å²) in [5, 5.41) is 3.18. The Hall–Kier alpha value is -0.650. The Bertz CT molecular complexity index is 396. The summed E-state index contributed by atoms with van der Waals surface area (Å²) in [5.41, 5.74) is 3.51. The third-order valence-electron chi connectivity index (χ3n) is 3.40. The second kappa shape index (κ2) is 7.22. The third-order valence-corrected chi connectivity index (χ3v) is 4.39. The fourth-order valence-corrected chi connectivity index (χ4v) is 3.19. The van der Waals surface area contributed by atoms with Crippen LogP contribution in [0.2, 0.25) is 0 Å². The Kier molecular flexibility index (Phi) is 5.60. The van der Waals surface area contributed by atoms with Gasteiger partial charge in [0.1, 0.15) is 6.10 Å². The van der Waals surface area contributed by atoms with Gasteiger partial charge >= 0.3 is 0 Å². The lowest BCUT2D eigenvalue weighted by Crippen LogP contribution is -2.20. The molecule has 1 aliphatic rings. The van der Waals surface area contributed by atoms with E-state index < -0.39 is 0 Å². The zero-order valence-electron chi connectivity index (χ0n) is 12.0. The lowest BCUT2D eigenvalue weighted by atomic mass is 10.1. The van der Waals surface area contributed by atoms with Gasteiger partial charge in [0.05, 0.1) is 6.61 Å². The van der Waals surface area contributed by atoms with Crippen LogP contribution in [0, 0.1) is 13.8 Å². The molecule has 1 aromatic heterocycles. The highest BCUT2D eigenvalue weighted by Crippen LogP contribution is 2.25. The number of rotatable bonds is 5. The van der Waals surface area contributed by atoms with Crippen molar-refractivity contribution >= 4 is 11.8 Å². The molecule has 0 aliphatic carbocycles. The lowest BCUT2D eigenvalue weighted by molar-refractivity contribution is 0.0691. The molecule has 2 rings (SSSR count). The molecule has 1 aromatic rings. The van der Waals surface area contributed by atoms with E-state index in [4.69, 9.17) is 4.74 Å². The molecule has 106 valence electrons. The maximum Gasteiger partial charge on any atom is 0.158 e. The molecule has 1 atom stereocenters. The van der Waals surface area contributed by atoms with Gasteiger partial charge in [-0.3, -0.25) is 0 Å². The summed E-state index contributed by atoms with van der Waals surface area (Å²) in [5.74, 6) is 2.91. The SMILES string of the molecule is CNCCCc1c(C)nc(C2CSCCO2)nc1C. The van der Waals surface area contributed by atoms with Crippen molar-refractivity contribution in [2.24, 2.45) is 0 Å². The van der Waals surface area contributed by atoms with Gasteiger partial charge in [0.15, 0.2) is 5.82 Å². The minimum atomic E-state index is 0.0718. The fraction of sp³-hybridized carbons (Fsp3) is 0.714. The molecule has 2 heterocycles. The predicted molar refractivity (Wildman–Crippen MR) is 79.8 cm³/mol. The van der Waals surface area contributed by atoms with Gasteiger partial charge in [-0.2, -0.15) is 11.8 Å². The average molecular weight is 281 g/mol. The molecule has 0 aromatic carbocycles. The molecule has 0 radical (unpaired) electrons. The first-order valence-corrected chi connectivity index (χ1v) is 8.05. The maximum absolute atomic E-state index is 5.76. The summed E-state index contributed by atoms with van der Waals surface area (Å²) in [4.78, 5) is 9.33. The van der Waals surface area contributed by atoms with Crippen molar-refractivity contribution in [2.75, 3.05) is 31.7 Å². The highest BCUT2D eigenvalue weighted by molar-refractivity contribution is 7.99. The molecule has 0 bridgehead atoms. The summed E-state index contributed by atoms with van der Waals surface area (Å²) < 4.78 is 5.76. The van der Waals surface area contributed by atoms with Crippen molar-refractivity contribution in [1.82, 2.24) is 15.3 Å². The van der Waals surface area contributed by atoms with Gasteiger partial charge in [0.2, 0.25) is 0 Å². The predicted octanol–water partition coefficient (Wildman–Crippen LogP) is 2.05. The fourth-order valence-electron chi connectivity index (χ4n) is 2.35. The molecule has 1 fully saturated rings. The number of nitrogens with one attached hydrogen (secondary N) is 1. The van der Waals surface area contributed by atoms with E-state index >= 15 is 0 Å². The standard InChI is InChI=1S/C14H23N3OS/c1-10-12(5-4-6-15-3)11(2)17-14(16-10)13-9-19-8-7-18-13/h13,15H,4-9H2,1-3H3. The molecular weight excluding hydrogens is 258 g/mol. The number of hydrogen-bond donors (Lipinski definition) is 1. The van der Waals surface area contributed by atoms with Crippen molar-refractivity contribution in [2.45, 2.75) is 32.8 Å². The Morgan fingerprint density at radius 3 is 2.63 bits per heavy atom. The van der Waals surface area contributed by atoms with E-state index in [2.05, 4.69) is 29.1 Å². The van der Waals surface area contributed by atoms with Crippen molar-refractivity contribution in [3.8, 4) is 0 Å². The topological polar surface area (TPSA) is 47.0 Å². The van der Waals surface area contributed by atoms with Gasteiger partial charge in [-0.05, 0) is 45.8 Å². The monoisotopic (exact) mass is 281 g/mol. The highest BCUT2D eigenvalue weighted by Gasteiger charge is 2.20. The molecule has 0 spiro atoms. The lowest BCUT2D eigenvalue weighted by Gasteiger charge is -2.22. The van der Waals surface area contributed by atoms with Crippen LogP contribution in [-0.4, -0.2) is 41.7 Å². The van der Waals surface area contributed by atoms with Crippen LogP contribution in [0.5, 0.6) is 0 Å². The van der Waals surface area contributed by atoms with Crippen molar-refractivity contribution < 1.29 is 4.74 Å². The van der Waals surface area contributed by atoms with Crippen LogP contribution in [0.4, 0.5) is 0 Å². The summed E-state index contributed by atoms with van der Waals surface area (Å²) in [6.07, 6.45) is 2.23. The number of thioether (sulfide) groups is 1. The van der Waals surface area contributed by atoms with Crippen LogP contribution in [0.3, 0.4) is 0 Å². The Morgan fingerprint density at radius 1 is 1.32 bits per heavy atom. The van der Waals surface area contributed by atoms with E-state index in [0.29, 0.717) is 0 Å². The summed E-state index contributed by atoms with van der Waals surface area (Å²) in [7, 11) is 1.98. The molecule has 1 saturated heterocycles. The summed E-state index contributed by atoms with van der Waals surface area (Å²) in [6.45, 7) is 6.01. The van der Waals surface area contributed by atoms with Crippen LogP contribution in [-0.2, 0) is 11.2 Å². The number of hydrogen-bond acceptors (Lipinski definition) is 5. The first-order chi connectivity index (χ1) is 9.22. The molecule has 5 heteroatoms. The Labute approximate surface area is 119 Å². The highest BCUT2D eigenvalue weighted by atomic mass is 32.2. The smallest absolute Gasteiger partial charge is 0.158 e. The van der Waals surface area contributed by atoms with Gasteiger partial charge in [-0.1, -0.05) is 0 Å². The molecule has 1 unspecified atom stereocenters. The van der Waals surface area contributed by atoms with Gasteiger partial charge < -0.3 is 10.1 Å². The van der Waals surface area contributed by atoms with Gasteiger partial charge in [0, 0.05) is 22.9 Å². The van der Waals surface area contributed by atoms with E-state index in [0.717, 1.165) is 54.7 Å². The van der Waals surface area contributed by atoms with Crippen LogP contribution in [0.25, 0.3) is 0 Å². The molecule has 0 saturated carbocycles. The minimum absolute atomic E-state index is 0.0718. The molecule has 19 heavy (non-hydrogen) atoms. The maximum atomic E-state index is 5.76. The van der Waals surface area contributed by atoms with Gasteiger partial charge in [-0.25, -0.2) is 9.97 Å². The molecule has 1 N–H and O–H groups in total. The summed E-state index contributed by atoms with van der Waals surface area (Å²) in [6, 6.07) is 0. The number of nitrogens with zero attached hydrogens (tertiary/aromatic N) is 2. The molecule has 0 amide bonds. The van der Waals surface area contributed by atoms with E-state index in [1.54, 1.807) is 0 Å². The molecule has 4 nitrogen and oxygen atoms in total. The van der Waals surface area contributed by atoms with E-state index in [-0.39, 0.29) is 6.10 Å². The van der Waals surface area contributed by atoms with Crippen LogP contribution >= 0.6 is 11.8 Å². The van der Waals surface area contributed by atoms with Crippen molar-refractivity contribution in [3.63, 3.8) is 0 Å². The average Bonchev–Trinajstić information content (AvgIpc) is 2.43. The van der Waals surface area contributed by atoms with Crippen molar-refractivity contribution in [1.29, 1.82) is 0 Å². The first kappa shape index (κ1) is 14.8. The number of ether oxygens (including phenoxy) is 1. The van der Waals surface area contributed by atoms with E-state index in [1.165, 1.54) is 5.56 Å². The number of aromatic nitrogens is 2. The second-order valence-corrected chi connectivity index (χ2v) is 6.02. The largest absolute Gasteiger partial charge is 0.368 e. The normalized spacial score (nSPS) is 19.6. The van der Waals surface area contributed by atoms with Crippen molar-refractivity contribution in [3.05, 3.63) is 22.8 Å². The first-order valence-electron chi connectivity index (χ1n) is 6.90. The Morgan fingerprint density at radius 2 is 2.05 bits per heavy atom. The Balaban J connectivity index is 2.11. The van der Waals surface area contributed by atoms with Crippen LogP contribution in [0.15, 0.2) is 0 Å². The van der Waals surface area contributed by atoms with Crippen LogP contribution in [0.1, 0.15) is 35.3 Å². The third kappa shape index (κ3) is 3.91. The van der Waals surface area contributed by atoms with E-state index in [1.807, 2.05) is 18.8 Å². The van der Waals surface area contributed by atoms with Gasteiger partial charge in [0.25, 0.3) is 0 Å². The zero-order chi connectivity index (χ0) is 13.7.